The summed E-state index contributed by atoms with van der Waals surface area (Å²) in [7, 11) is 0. The molecule has 1 amide bonds. The van der Waals surface area contributed by atoms with E-state index in [0.717, 1.165) is 27.3 Å². The average molecular weight is 366 g/mol. The zero-order chi connectivity index (χ0) is 18.5. The maximum absolute atomic E-state index is 13.0. The first-order valence-corrected chi connectivity index (χ1v) is 9.69. The summed E-state index contributed by atoms with van der Waals surface area (Å²) < 4.78 is 0. The molecule has 0 saturated heterocycles. The van der Waals surface area contributed by atoms with Crippen LogP contribution in [0, 0.1) is 6.92 Å². The van der Waals surface area contributed by atoms with Gasteiger partial charge in [0, 0.05) is 18.5 Å². The van der Waals surface area contributed by atoms with Gasteiger partial charge >= 0.3 is 0 Å². The van der Waals surface area contributed by atoms with Gasteiger partial charge in [-0.2, -0.15) is 0 Å². The third kappa shape index (κ3) is 4.22. The van der Waals surface area contributed by atoms with Crippen molar-refractivity contribution in [1.82, 2.24) is 14.9 Å². The highest BCUT2D eigenvalue weighted by Crippen LogP contribution is 2.29. The summed E-state index contributed by atoms with van der Waals surface area (Å²) in [6.07, 6.45) is 0. The van der Waals surface area contributed by atoms with Crippen molar-refractivity contribution in [1.29, 1.82) is 0 Å². The fourth-order valence-electron chi connectivity index (χ4n) is 2.87. The number of fused-ring (bicyclic) bond motifs is 1. The molecule has 3 rings (SSSR count). The predicted molar refractivity (Wildman–Crippen MR) is 107 cm³/mol. The Morgan fingerprint density at radius 1 is 1.08 bits per heavy atom. The highest BCUT2D eigenvalue weighted by molar-refractivity contribution is 8.00. The number of hydrogen-bond donors (Lipinski definition) is 0. The van der Waals surface area contributed by atoms with Crippen LogP contribution in [0.4, 0.5) is 0 Å². The van der Waals surface area contributed by atoms with Crippen molar-refractivity contribution in [2.24, 2.45) is 0 Å². The zero-order valence-corrected chi connectivity index (χ0v) is 16.2. The van der Waals surface area contributed by atoms with E-state index in [1.165, 1.54) is 11.8 Å². The van der Waals surface area contributed by atoms with Gasteiger partial charge in [-0.1, -0.05) is 60.3 Å². The first kappa shape index (κ1) is 18.4. The van der Waals surface area contributed by atoms with E-state index in [1.54, 1.807) is 0 Å². The molecule has 0 radical (unpaired) electrons. The summed E-state index contributed by atoms with van der Waals surface area (Å²) in [5.41, 5.74) is 2.06. The van der Waals surface area contributed by atoms with E-state index < -0.39 is 0 Å². The molecule has 26 heavy (non-hydrogen) atoms. The van der Waals surface area contributed by atoms with Gasteiger partial charge in [-0.25, -0.2) is 9.97 Å². The van der Waals surface area contributed by atoms with Crippen LogP contribution in [-0.4, -0.2) is 32.6 Å². The molecule has 0 aliphatic carbocycles. The second-order valence-corrected chi connectivity index (χ2v) is 7.52. The van der Waals surface area contributed by atoms with Gasteiger partial charge < -0.3 is 4.90 Å². The van der Waals surface area contributed by atoms with Crippen LogP contribution in [0.3, 0.4) is 0 Å². The summed E-state index contributed by atoms with van der Waals surface area (Å²) in [6.45, 7) is 7.17. The Hall–Kier alpha value is -2.40. The molecule has 0 aliphatic heterocycles. The normalized spacial score (nSPS) is 12.1. The fourth-order valence-corrected chi connectivity index (χ4v) is 3.94. The molecule has 1 atom stereocenters. The number of nitrogens with zero attached hydrogens (tertiary/aromatic N) is 3. The standard InChI is InChI=1S/C21H23N3OS/c1-4-24(14-17-10-6-5-7-11-17)21(25)15(2)26-20-18-12-8-9-13-19(18)22-16(3)23-20/h5-13,15H,4,14H2,1-3H3. The topological polar surface area (TPSA) is 46.1 Å². The summed E-state index contributed by atoms with van der Waals surface area (Å²) in [6, 6.07) is 18.0. The fraction of sp³-hybridized carbons (Fsp3) is 0.286. The maximum Gasteiger partial charge on any atom is 0.236 e. The van der Waals surface area contributed by atoms with Crippen molar-refractivity contribution in [2.45, 2.75) is 37.6 Å². The number of carbonyl (C=O) groups is 1. The Morgan fingerprint density at radius 2 is 1.77 bits per heavy atom. The van der Waals surface area contributed by atoms with E-state index in [9.17, 15) is 4.79 Å². The van der Waals surface area contributed by atoms with Crippen LogP contribution < -0.4 is 0 Å². The SMILES string of the molecule is CCN(Cc1ccccc1)C(=O)C(C)Sc1nc(C)nc2ccccc12. The zero-order valence-electron chi connectivity index (χ0n) is 15.3. The number of rotatable bonds is 6. The number of aryl methyl sites for hydroxylation is 1. The Kier molecular flexibility index (Phi) is 5.89. The Bertz CT molecular complexity index is 898. The molecule has 0 fully saturated rings. The van der Waals surface area contributed by atoms with E-state index >= 15 is 0 Å². The predicted octanol–water partition coefficient (Wildman–Crippen LogP) is 4.47. The van der Waals surface area contributed by atoms with Gasteiger partial charge in [-0.05, 0) is 32.4 Å². The van der Waals surface area contributed by atoms with Crippen molar-refractivity contribution in [3.8, 4) is 0 Å². The van der Waals surface area contributed by atoms with Crippen molar-refractivity contribution >= 4 is 28.6 Å². The Labute approximate surface area is 158 Å². The quantitative estimate of drug-likeness (QED) is 0.478. The van der Waals surface area contributed by atoms with Gasteiger partial charge in [0.25, 0.3) is 0 Å². The average Bonchev–Trinajstić information content (AvgIpc) is 2.66. The molecular weight excluding hydrogens is 342 g/mol. The number of amides is 1. The van der Waals surface area contributed by atoms with Gasteiger partial charge in [0.05, 0.1) is 10.8 Å². The van der Waals surface area contributed by atoms with Crippen LogP contribution in [0.5, 0.6) is 0 Å². The maximum atomic E-state index is 13.0. The third-order valence-electron chi connectivity index (χ3n) is 4.23. The third-order valence-corrected chi connectivity index (χ3v) is 5.32. The lowest BCUT2D eigenvalue weighted by Crippen LogP contribution is -2.36. The number of para-hydroxylation sites is 1. The molecular formula is C21H23N3OS. The van der Waals surface area contributed by atoms with Gasteiger partial charge in [-0.15, -0.1) is 0 Å². The second kappa shape index (κ2) is 8.32. The number of thioether (sulfide) groups is 1. The van der Waals surface area contributed by atoms with Crippen LogP contribution in [0.2, 0.25) is 0 Å². The molecule has 0 aliphatic rings. The molecule has 0 bridgehead atoms. The molecule has 4 nitrogen and oxygen atoms in total. The lowest BCUT2D eigenvalue weighted by Gasteiger charge is -2.24. The first-order valence-electron chi connectivity index (χ1n) is 8.81. The number of hydrogen-bond acceptors (Lipinski definition) is 4. The van der Waals surface area contributed by atoms with Crippen LogP contribution >= 0.6 is 11.8 Å². The largest absolute Gasteiger partial charge is 0.338 e. The summed E-state index contributed by atoms with van der Waals surface area (Å²) in [5.74, 6) is 0.851. The summed E-state index contributed by atoms with van der Waals surface area (Å²) in [4.78, 5) is 23.9. The number of aromatic nitrogens is 2. The molecule has 1 aromatic heterocycles. The molecule has 1 heterocycles. The molecule has 0 N–H and O–H groups in total. The van der Waals surface area contributed by atoms with Gasteiger partial charge in [0.15, 0.2) is 0 Å². The second-order valence-electron chi connectivity index (χ2n) is 6.19. The minimum Gasteiger partial charge on any atom is -0.338 e. The highest BCUT2D eigenvalue weighted by atomic mass is 32.2. The summed E-state index contributed by atoms with van der Waals surface area (Å²) in [5, 5.41) is 1.65. The van der Waals surface area contributed by atoms with Gasteiger partial charge in [0.2, 0.25) is 5.91 Å². The van der Waals surface area contributed by atoms with Crippen molar-refractivity contribution < 1.29 is 4.79 Å². The molecule has 0 spiro atoms. The number of carbonyl (C=O) groups excluding carboxylic acids is 1. The van der Waals surface area contributed by atoms with E-state index in [-0.39, 0.29) is 11.2 Å². The smallest absolute Gasteiger partial charge is 0.236 e. The lowest BCUT2D eigenvalue weighted by molar-refractivity contribution is -0.130. The van der Waals surface area contributed by atoms with Crippen molar-refractivity contribution in [2.75, 3.05) is 6.54 Å². The lowest BCUT2D eigenvalue weighted by atomic mass is 10.2. The number of benzene rings is 2. The van der Waals surface area contributed by atoms with E-state index in [0.29, 0.717) is 13.1 Å². The Morgan fingerprint density at radius 3 is 2.50 bits per heavy atom. The summed E-state index contributed by atoms with van der Waals surface area (Å²) >= 11 is 1.51. The van der Waals surface area contributed by atoms with E-state index in [2.05, 4.69) is 22.1 Å². The van der Waals surface area contributed by atoms with Crippen LogP contribution in [0.25, 0.3) is 10.9 Å². The molecule has 3 aromatic rings. The molecule has 134 valence electrons. The molecule has 5 heteroatoms. The highest BCUT2D eigenvalue weighted by Gasteiger charge is 2.22. The van der Waals surface area contributed by atoms with Crippen LogP contribution in [0.15, 0.2) is 59.6 Å². The van der Waals surface area contributed by atoms with Gasteiger partial charge in [0.1, 0.15) is 10.9 Å². The molecule has 0 saturated carbocycles. The van der Waals surface area contributed by atoms with Crippen LogP contribution in [-0.2, 0) is 11.3 Å². The van der Waals surface area contributed by atoms with Crippen molar-refractivity contribution in [3.63, 3.8) is 0 Å². The van der Waals surface area contributed by atoms with E-state index in [1.807, 2.05) is 68.1 Å². The van der Waals surface area contributed by atoms with E-state index in [4.69, 9.17) is 0 Å². The van der Waals surface area contributed by atoms with Crippen LogP contribution in [0.1, 0.15) is 25.2 Å². The van der Waals surface area contributed by atoms with Gasteiger partial charge in [-0.3, -0.25) is 4.79 Å². The monoisotopic (exact) mass is 365 g/mol. The molecule has 1 unspecified atom stereocenters. The molecule has 2 aromatic carbocycles. The first-order chi connectivity index (χ1) is 12.6. The minimum atomic E-state index is -0.212. The van der Waals surface area contributed by atoms with Crippen molar-refractivity contribution in [3.05, 3.63) is 66.0 Å². The Balaban J connectivity index is 1.78. The minimum absolute atomic E-state index is 0.127.